The Labute approximate surface area is 200 Å². The van der Waals surface area contributed by atoms with E-state index in [1.807, 2.05) is 55.5 Å². The van der Waals surface area contributed by atoms with Crippen molar-refractivity contribution >= 4 is 39.4 Å². The highest BCUT2D eigenvalue weighted by molar-refractivity contribution is 9.10. The SMILES string of the molecule is CCN1CCN(CC(=O)N2N=C(c3ccc(Br)cc3)C[C@H]2c2ccc(OC)cc2)C(=O)C1=O. The summed E-state index contributed by atoms with van der Waals surface area (Å²) in [7, 11) is 1.60. The minimum absolute atomic E-state index is 0.189. The maximum atomic E-state index is 13.3. The van der Waals surface area contributed by atoms with Gasteiger partial charge in [0.05, 0.1) is 18.9 Å². The van der Waals surface area contributed by atoms with Crippen molar-refractivity contribution in [3.05, 3.63) is 64.1 Å². The first kappa shape index (κ1) is 23.0. The average Bonchev–Trinajstić information content (AvgIpc) is 3.28. The van der Waals surface area contributed by atoms with E-state index in [1.54, 1.807) is 7.11 Å². The Balaban J connectivity index is 1.59. The number of carbonyl (C=O) groups excluding carboxylic acids is 3. The van der Waals surface area contributed by atoms with Crippen LogP contribution < -0.4 is 4.74 Å². The molecule has 33 heavy (non-hydrogen) atoms. The van der Waals surface area contributed by atoms with Gasteiger partial charge in [0.1, 0.15) is 12.3 Å². The highest BCUT2D eigenvalue weighted by Crippen LogP contribution is 2.34. The molecule has 1 fully saturated rings. The zero-order chi connectivity index (χ0) is 23.5. The molecule has 2 aromatic carbocycles. The Bertz CT molecular complexity index is 1080. The van der Waals surface area contributed by atoms with Gasteiger partial charge in [-0.2, -0.15) is 5.10 Å². The van der Waals surface area contributed by atoms with Crippen molar-refractivity contribution in [1.29, 1.82) is 0 Å². The van der Waals surface area contributed by atoms with Gasteiger partial charge in [-0.05, 0) is 42.3 Å². The van der Waals surface area contributed by atoms with Gasteiger partial charge in [-0.3, -0.25) is 14.4 Å². The first-order valence-electron chi connectivity index (χ1n) is 10.8. The summed E-state index contributed by atoms with van der Waals surface area (Å²) in [5, 5.41) is 6.10. The molecule has 0 aromatic heterocycles. The van der Waals surface area contributed by atoms with Crippen LogP contribution in [0.15, 0.2) is 58.1 Å². The average molecular weight is 513 g/mol. The summed E-state index contributed by atoms with van der Waals surface area (Å²) in [6, 6.07) is 15.0. The van der Waals surface area contributed by atoms with E-state index in [9.17, 15) is 14.4 Å². The largest absolute Gasteiger partial charge is 0.497 e. The molecule has 0 N–H and O–H groups in total. The molecule has 0 radical (unpaired) electrons. The van der Waals surface area contributed by atoms with Crippen molar-refractivity contribution in [3.8, 4) is 5.75 Å². The number of nitrogens with zero attached hydrogens (tertiary/aromatic N) is 4. The summed E-state index contributed by atoms with van der Waals surface area (Å²) in [6.45, 7) is 2.86. The van der Waals surface area contributed by atoms with Gasteiger partial charge in [-0.1, -0.05) is 40.2 Å². The molecule has 1 saturated heterocycles. The van der Waals surface area contributed by atoms with Crippen molar-refractivity contribution in [1.82, 2.24) is 14.8 Å². The number of benzene rings is 2. The van der Waals surface area contributed by atoms with Crippen LogP contribution in [0, 0.1) is 0 Å². The number of methoxy groups -OCH3 is 1. The number of amides is 3. The van der Waals surface area contributed by atoms with Gasteiger partial charge in [-0.15, -0.1) is 0 Å². The zero-order valence-electron chi connectivity index (χ0n) is 18.5. The Morgan fingerprint density at radius 3 is 2.30 bits per heavy atom. The summed E-state index contributed by atoms with van der Waals surface area (Å²) in [4.78, 5) is 40.9. The topological polar surface area (TPSA) is 82.5 Å². The van der Waals surface area contributed by atoms with Crippen LogP contribution in [0.1, 0.15) is 30.5 Å². The number of hydrazone groups is 1. The monoisotopic (exact) mass is 512 g/mol. The normalized spacial score (nSPS) is 18.6. The van der Waals surface area contributed by atoms with Crippen molar-refractivity contribution in [2.24, 2.45) is 5.10 Å². The van der Waals surface area contributed by atoms with Crippen LogP contribution in [0.3, 0.4) is 0 Å². The molecular formula is C24H25BrN4O4. The number of ether oxygens (including phenoxy) is 1. The van der Waals surface area contributed by atoms with Gasteiger partial charge in [-0.25, -0.2) is 5.01 Å². The third kappa shape index (κ3) is 4.78. The molecule has 0 bridgehead atoms. The molecule has 9 heteroatoms. The third-order valence-electron chi connectivity index (χ3n) is 5.95. The van der Waals surface area contributed by atoms with Gasteiger partial charge in [0.25, 0.3) is 5.91 Å². The molecule has 0 aliphatic carbocycles. The first-order valence-corrected chi connectivity index (χ1v) is 11.6. The highest BCUT2D eigenvalue weighted by atomic mass is 79.9. The van der Waals surface area contributed by atoms with Crippen molar-refractivity contribution in [2.45, 2.75) is 19.4 Å². The van der Waals surface area contributed by atoms with Crippen LogP contribution in [-0.2, 0) is 14.4 Å². The minimum Gasteiger partial charge on any atom is -0.497 e. The lowest BCUT2D eigenvalue weighted by Crippen LogP contribution is -2.56. The summed E-state index contributed by atoms with van der Waals surface area (Å²) in [5.41, 5.74) is 2.63. The van der Waals surface area contributed by atoms with E-state index in [-0.39, 0.29) is 18.5 Å². The quantitative estimate of drug-likeness (QED) is 0.557. The van der Waals surface area contributed by atoms with Crippen LogP contribution in [0.4, 0.5) is 0 Å². The standard InChI is InChI=1S/C24H25BrN4O4/c1-3-27-12-13-28(24(32)23(27)31)15-22(30)29-21(17-6-10-19(33-2)11-7-17)14-20(26-29)16-4-8-18(25)9-5-16/h4-11,21H,3,12-15H2,1-2H3/t21-/m0/s1. The van der Waals surface area contributed by atoms with Gasteiger partial charge in [0.15, 0.2) is 0 Å². The molecule has 172 valence electrons. The number of hydrogen-bond acceptors (Lipinski definition) is 5. The lowest BCUT2D eigenvalue weighted by atomic mass is 9.98. The Morgan fingerprint density at radius 1 is 1.03 bits per heavy atom. The Kier molecular flexibility index (Phi) is 6.78. The van der Waals surface area contributed by atoms with Gasteiger partial charge < -0.3 is 14.5 Å². The lowest BCUT2D eigenvalue weighted by Gasteiger charge is -2.33. The maximum absolute atomic E-state index is 13.3. The van der Waals surface area contributed by atoms with E-state index in [1.165, 1.54) is 14.8 Å². The van der Waals surface area contributed by atoms with E-state index in [2.05, 4.69) is 21.0 Å². The predicted molar refractivity (Wildman–Crippen MR) is 127 cm³/mol. The minimum atomic E-state index is -0.645. The Hall–Kier alpha value is -3.20. The molecule has 2 aliphatic rings. The van der Waals surface area contributed by atoms with E-state index < -0.39 is 11.8 Å². The predicted octanol–water partition coefficient (Wildman–Crippen LogP) is 2.83. The molecule has 3 amide bonds. The fourth-order valence-electron chi connectivity index (χ4n) is 4.05. The second-order valence-corrected chi connectivity index (χ2v) is 8.81. The highest BCUT2D eigenvalue weighted by Gasteiger charge is 2.37. The van der Waals surface area contributed by atoms with Crippen molar-refractivity contribution in [3.63, 3.8) is 0 Å². The van der Waals surface area contributed by atoms with Crippen LogP contribution in [0.25, 0.3) is 0 Å². The number of halogens is 1. The molecule has 0 unspecified atom stereocenters. The molecule has 2 aromatic rings. The van der Waals surface area contributed by atoms with E-state index in [0.717, 1.165) is 27.1 Å². The molecule has 8 nitrogen and oxygen atoms in total. The number of hydrogen-bond donors (Lipinski definition) is 0. The maximum Gasteiger partial charge on any atom is 0.312 e. The number of likely N-dealkylation sites (N-methyl/N-ethyl adjacent to an activating group) is 1. The number of rotatable bonds is 6. The summed E-state index contributed by atoms with van der Waals surface area (Å²) in [5.74, 6) is -0.812. The summed E-state index contributed by atoms with van der Waals surface area (Å²) in [6.07, 6.45) is 0.538. The van der Waals surface area contributed by atoms with Crippen LogP contribution >= 0.6 is 15.9 Å². The second kappa shape index (κ2) is 9.74. The van der Waals surface area contributed by atoms with Crippen molar-refractivity contribution in [2.75, 3.05) is 33.3 Å². The molecule has 2 aliphatic heterocycles. The molecule has 0 spiro atoms. The summed E-state index contributed by atoms with van der Waals surface area (Å²) < 4.78 is 6.21. The first-order chi connectivity index (χ1) is 15.9. The fraction of sp³-hybridized carbons (Fsp3) is 0.333. The number of piperazine rings is 1. The fourth-order valence-corrected chi connectivity index (χ4v) is 4.31. The number of carbonyl (C=O) groups is 3. The zero-order valence-corrected chi connectivity index (χ0v) is 20.1. The molecular weight excluding hydrogens is 488 g/mol. The third-order valence-corrected chi connectivity index (χ3v) is 6.48. The van der Waals surface area contributed by atoms with Crippen LogP contribution in [0.2, 0.25) is 0 Å². The van der Waals surface area contributed by atoms with Crippen LogP contribution in [-0.4, -0.2) is 71.5 Å². The second-order valence-electron chi connectivity index (χ2n) is 7.90. The lowest BCUT2D eigenvalue weighted by molar-refractivity contribution is -0.157. The molecule has 4 rings (SSSR count). The van der Waals surface area contributed by atoms with E-state index in [4.69, 9.17) is 4.74 Å². The van der Waals surface area contributed by atoms with Gasteiger partial charge in [0.2, 0.25) is 0 Å². The van der Waals surface area contributed by atoms with Gasteiger partial charge in [0, 0.05) is 30.5 Å². The van der Waals surface area contributed by atoms with Crippen molar-refractivity contribution < 1.29 is 19.1 Å². The van der Waals surface area contributed by atoms with Gasteiger partial charge >= 0.3 is 11.8 Å². The molecule has 2 heterocycles. The van der Waals surface area contributed by atoms with Crippen LogP contribution in [0.5, 0.6) is 5.75 Å². The smallest absolute Gasteiger partial charge is 0.312 e. The van der Waals surface area contributed by atoms with E-state index >= 15 is 0 Å². The van der Waals surface area contributed by atoms with E-state index in [0.29, 0.717) is 26.1 Å². The summed E-state index contributed by atoms with van der Waals surface area (Å²) >= 11 is 3.44. The molecule has 1 atom stereocenters. The Morgan fingerprint density at radius 2 is 1.67 bits per heavy atom. The molecule has 0 saturated carbocycles.